The van der Waals surface area contributed by atoms with Crippen LogP contribution in [0.3, 0.4) is 0 Å². The molecule has 1 amide bonds. The minimum absolute atomic E-state index is 0.153. The van der Waals surface area contributed by atoms with Gasteiger partial charge in [-0.25, -0.2) is 0 Å². The highest BCUT2D eigenvalue weighted by Crippen LogP contribution is 2.20. The Morgan fingerprint density at radius 1 is 0.939 bits per heavy atom. The van der Waals surface area contributed by atoms with Gasteiger partial charge in [-0.3, -0.25) is 4.79 Å². The molecule has 4 rings (SSSR count). The van der Waals surface area contributed by atoms with Crippen LogP contribution in [-0.2, 0) is 13.0 Å². The third-order valence-corrected chi connectivity index (χ3v) is 5.41. The molecular weight excluding hydrogens is 416 g/mol. The fourth-order valence-corrected chi connectivity index (χ4v) is 3.69. The molecule has 7 nitrogen and oxygen atoms in total. The number of rotatable bonds is 8. The van der Waals surface area contributed by atoms with Gasteiger partial charge in [0.05, 0.1) is 23.4 Å². The number of aromatic nitrogens is 2. The molecule has 0 saturated carbocycles. The summed E-state index contributed by atoms with van der Waals surface area (Å²) < 4.78 is 1.56. The topological polar surface area (TPSA) is 90.1 Å². The fourth-order valence-electron chi connectivity index (χ4n) is 3.69. The standard InChI is InChI=1S/C26H24N4O3/c1-19-15-25(30(32)33)28-29(19)18-21-8-6-12-24(17-21)26(31)27-14-13-20-7-5-11-23(16-20)22-9-3-2-4-10-22/h2-12,15-17H,13-14,18H2,1H3,(H,27,31). The van der Waals surface area contributed by atoms with E-state index in [9.17, 15) is 14.9 Å². The number of nitro groups is 1. The van der Waals surface area contributed by atoms with Gasteiger partial charge in [0.2, 0.25) is 0 Å². The molecule has 0 unspecified atom stereocenters. The molecule has 33 heavy (non-hydrogen) atoms. The van der Waals surface area contributed by atoms with Crippen LogP contribution in [0.4, 0.5) is 5.82 Å². The maximum atomic E-state index is 12.7. The van der Waals surface area contributed by atoms with Gasteiger partial charge in [0.1, 0.15) is 0 Å². The van der Waals surface area contributed by atoms with Crippen molar-refractivity contribution in [2.75, 3.05) is 6.54 Å². The number of carbonyl (C=O) groups is 1. The lowest BCUT2D eigenvalue weighted by Gasteiger charge is -2.09. The summed E-state index contributed by atoms with van der Waals surface area (Å²) in [7, 11) is 0. The molecular formula is C26H24N4O3. The van der Waals surface area contributed by atoms with Gasteiger partial charge in [-0.1, -0.05) is 66.7 Å². The largest absolute Gasteiger partial charge is 0.390 e. The van der Waals surface area contributed by atoms with Crippen molar-refractivity contribution in [2.24, 2.45) is 0 Å². The molecule has 0 atom stereocenters. The normalized spacial score (nSPS) is 10.7. The maximum Gasteiger partial charge on any atom is 0.390 e. The molecule has 0 aliphatic rings. The first-order chi connectivity index (χ1) is 16.0. The maximum absolute atomic E-state index is 12.7. The van der Waals surface area contributed by atoms with E-state index < -0.39 is 4.92 Å². The Morgan fingerprint density at radius 3 is 2.42 bits per heavy atom. The Hall–Kier alpha value is -4.26. The Morgan fingerprint density at radius 2 is 1.67 bits per heavy atom. The predicted octanol–water partition coefficient (Wildman–Crippen LogP) is 4.79. The zero-order valence-corrected chi connectivity index (χ0v) is 18.3. The average Bonchev–Trinajstić information content (AvgIpc) is 3.20. The molecule has 0 fully saturated rings. The molecule has 0 spiro atoms. The molecule has 0 aliphatic carbocycles. The van der Waals surface area contributed by atoms with Crippen molar-refractivity contribution < 1.29 is 9.72 Å². The quantitative estimate of drug-likeness (QED) is 0.315. The van der Waals surface area contributed by atoms with Crippen molar-refractivity contribution in [3.63, 3.8) is 0 Å². The summed E-state index contributed by atoms with van der Waals surface area (Å²) in [4.78, 5) is 23.1. The van der Waals surface area contributed by atoms with Gasteiger partial charge < -0.3 is 15.4 Å². The van der Waals surface area contributed by atoms with Crippen LogP contribution in [0.15, 0.2) is 84.9 Å². The van der Waals surface area contributed by atoms with Gasteiger partial charge in [0.15, 0.2) is 0 Å². The van der Waals surface area contributed by atoms with E-state index in [2.05, 4.69) is 40.7 Å². The minimum Gasteiger partial charge on any atom is -0.358 e. The number of benzene rings is 3. The highest BCUT2D eigenvalue weighted by molar-refractivity contribution is 5.94. The van der Waals surface area contributed by atoms with Crippen molar-refractivity contribution in [3.05, 3.63) is 117 Å². The first-order valence-corrected chi connectivity index (χ1v) is 10.7. The van der Waals surface area contributed by atoms with Gasteiger partial charge in [-0.05, 0) is 52.7 Å². The number of carbonyl (C=O) groups excluding carboxylic acids is 1. The SMILES string of the molecule is Cc1cc([N+](=O)[O-])nn1Cc1cccc(C(=O)NCCc2cccc(-c3ccccc3)c2)c1. The summed E-state index contributed by atoms with van der Waals surface area (Å²) in [6.45, 7) is 2.64. The molecule has 1 heterocycles. The third-order valence-electron chi connectivity index (χ3n) is 5.41. The zero-order chi connectivity index (χ0) is 23.2. The first-order valence-electron chi connectivity index (χ1n) is 10.7. The number of amides is 1. The molecule has 7 heteroatoms. The highest BCUT2D eigenvalue weighted by atomic mass is 16.6. The van der Waals surface area contributed by atoms with Crippen LogP contribution in [0, 0.1) is 17.0 Å². The van der Waals surface area contributed by atoms with Crippen molar-refractivity contribution in [3.8, 4) is 11.1 Å². The van der Waals surface area contributed by atoms with Gasteiger partial charge in [0.25, 0.3) is 5.91 Å². The average molecular weight is 441 g/mol. The highest BCUT2D eigenvalue weighted by Gasteiger charge is 2.16. The summed E-state index contributed by atoms with van der Waals surface area (Å²) in [5, 5.41) is 17.9. The lowest BCUT2D eigenvalue weighted by Crippen LogP contribution is -2.25. The van der Waals surface area contributed by atoms with E-state index in [4.69, 9.17) is 0 Å². The summed E-state index contributed by atoms with van der Waals surface area (Å²) in [6, 6.07) is 27.2. The van der Waals surface area contributed by atoms with Crippen LogP contribution < -0.4 is 5.32 Å². The Kier molecular flexibility index (Phi) is 6.59. The number of hydrogen-bond acceptors (Lipinski definition) is 4. The summed E-state index contributed by atoms with van der Waals surface area (Å²) in [5.74, 6) is -0.336. The summed E-state index contributed by atoms with van der Waals surface area (Å²) in [6.07, 6.45) is 0.724. The number of hydrogen-bond donors (Lipinski definition) is 1. The first kappa shape index (κ1) is 22.0. The minimum atomic E-state index is -0.511. The second-order valence-corrected chi connectivity index (χ2v) is 7.83. The van der Waals surface area contributed by atoms with E-state index in [-0.39, 0.29) is 11.7 Å². The summed E-state index contributed by atoms with van der Waals surface area (Å²) >= 11 is 0. The lowest BCUT2D eigenvalue weighted by molar-refractivity contribution is -0.389. The van der Waals surface area contributed by atoms with Crippen LogP contribution >= 0.6 is 0 Å². The van der Waals surface area contributed by atoms with Gasteiger partial charge >= 0.3 is 5.82 Å². The second kappa shape index (κ2) is 9.91. The van der Waals surface area contributed by atoms with Crippen molar-refractivity contribution in [1.82, 2.24) is 15.1 Å². The molecule has 0 radical (unpaired) electrons. The van der Waals surface area contributed by atoms with E-state index in [1.807, 2.05) is 30.3 Å². The van der Waals surface area contributed by atoms with Crippen LogP contribution in [-0.4, -0.2) is 27.2 Å². The molecule has 166 valence electrons. The van der Waals surface area contributed by atoms with Gasteiger partial charge in [-0.2, -0.15) is 4.68 Å². The fraction of sp³-hybridized carbons (Fsp3) is 0.154. The van der Waals surface area contributed by atoms with E-state index in [1.54, 1.807) is 29.8 Å². The van der Waals surface area contributed by atoms with Crippen molar-refractivity contribution >= 4 is 11.7 Å². The van der Waals surface area contributed by atoms with E-state index in [1.165, 1.54) is 6.07 Å². The molecule has 0 aliphatic heterocycles. The summed E-state index contributed by atoms with van der Waals surface area (Å²) in [5.41, 5.74) is 5.55. The van der Waals surface area contributed by atoms with Crippen molar-refractivity contribution in [1.29, 1.82) is 0 Å². The third kappa shape index (κ3) is 5.51. The Bertz CT molecular complexity index is 1280. The number of aryl methyl sites for hydroxylation is 1. The molecule has 0 bridgehead atoms. The molecule has 4 aromatic rings. The van der Waals surface area contributed by atoms with Crippen molar-refractivity contribution in [2.45, 2.75) is 19.9 Å². The molecule has 1 aromatic heterocycles. The Balaban J connectivity index is 1.36. The van der Waals surface area contributed by atoms with Gasteiger partial charge in [0, 0.05) is 12.1 Å². The Labute approximate surface area is 191 Å². The van der Waals surface area contributed by atoms with Gasteiger partial charge in [-0.15, -0.1) is 0 Å². The van der Waals surface area contributed by atoms with Crippen LogP contribution in [0.5, 0.6) is 0 Å². The zero-order valence-electron chi connectivity index (χ0n) is 18.3. The monoisotopic (exact) mass is 440 g/mol. The van der Waals surface area contributed by atoms with E-state index in [0.29, 0.717) is 24.3 Å². The molecule has 1 N–H and O–H groups in total. The van der Waals surface area contributed by atoms with Crippen LogP contribution in [0.1, 0.15) is 27.2 Å². The van der Waals surface area contributed by atoms with Crippen LogP contribution in [0.25, 0.3) is 11.1 Å². The van der Waals surface area contributed by atoms with E-state index in [0.717, 1.165) is 28.7 Å². The second-order valence-electron chi connectivity index (χ2n) is 7.83. The number of nitrogens with one attached hydrogen (secondary N) is 1. The van der Waals surface area contributed by atoms with E-state index >= 15 is 0 Å². The van der Waals surface area contributed by atoms with Crippen LogP contribution in [0.2, 0.25) is 0 Å². The lowest BCUT2D eigenvalue weighted by atomic mass is 10.0. The molecule has 0 saturated heterocycles. The predicted molar refractivity (Wildman–Crippen MR) is 127 cm³/mol. The molecule has 3 aromatic carbocycles. The smallest absolute Gasteiger partial charge is 0.358 e. The number of nitrogens with zero attached hydrogens (tertiary/aromatic N) is 3.